The topological polar surface area (TPSA) is 62.9 Å². The molecule has 17 heavy (non-hydrogen) atoms. The van der Waals surface area contributed by atoms with E-state index in [1.807, 2.05) is 0 Å². The van der Waals surface area contributed by atoms with Crippen LogP contribution < -0.4 is 0 Å². The average Bonchev–Trinajstić information content (AvgIpc) is 2.50. The summed E-state index contributed by atoms with van der Waals surface area (Å²) in [7, 11) is 0. The van der Waals surface area contributed by atoms with Gasteiger partial charge < -0.3 is 14.3 Å². The molecule has 1 aliphatic rings. The molecule has 1 aliphatic heterocycles. The summed E-state index contributed by atoms with van der Waals surface area (Å²) in [5.74, 6) is -0.249. The molecule has 5 heteroatoms. The molecule has 0 spiro atoms. The van der Waals surface area contributed by atoms with Gasteiger partial charge in [0.15, 0.2) is 0 Å². The third kappa shape index (κ3) is 3.08. The molecular weight excluding hydrogens is 222 g/mol. The highest BCUT2D eigenvalue weighted by Crippen LogP contribution is 2.16. The molecule has 0 aliphatic carbocycles. The lowest BCUT2D eigenvalue weighted by Gasteiger charge is -2.16. The number of carboxylic acids is 1. The Morgan fingerprint density at radius 1 is 1.47 bits per heavy atom. The van der Waals surface area contributed by atoms with Crippen molar-refractivity contribution in [2.45, 2.75) is 19.9 Å². The van der Waals surface area contributed by atoms with Crippen molar-refractivity contribution in [2.24, 2.45) is 0 Å². The van der Waals surface area contributed by atoms with E-state index in [4.69, 9.17) is 14.3 Å². The number of furan rings is 1. The maximum atomic E-state index is 10.9. The van der Waals surface area contributed by atoms with Crippen LogP contribution in [0.15, 0.2) is 10.5 Å². The Hall–Kier alpha value is -1.33. The summed E-state index contributed by atoms with van der Waals surface area (Å²) in [6.45, 7) is 5.75. The fourth-order valence-electron chi connectivity index (χ4n) is 2.01. The second-order valence-electron chi connectivity index (χ2n) is 4.27. The van der Waals surface area contributed by atoms with Crippen molar-refractivity contribution in [1.29, 1.82) is 0 Å². The fraction of sp³-hybridized carbons (Fsp3) is 0.583. The van der Waals surface area contributed by atoms with E-state index < -0.39 is 5.97 Å². The molecular formula is C12H17NO4. The highest BCUT2D eigenvalue weighted by molar-refractivity contribution is 5.86. The molecule has 0 aromatic carbocycles. The monoisotopic (exact) mass is 239 g/mol. The van der Waals surface area contributed by atoms with Crippen molar-refractivity contribution < 1.29 is 19.1 Å². The molecule has 5 nitrogen and oxygen atoms in total. The number of rotatable bonds is 3. The van der Waals surface area contributed by atoms with Crippen LogP contribution in [0.2, 0.25) is 0 Å². The van der Waals surface area contributed by atoms with Gasteiger partial charge in [0.05, 0.1) is 13.2 Å². The first kappa shape index (κ1) is 12.1. The summed E-state index contributed by atoms with van der Waals surface area (Å²) >= 11 is 0. The summed E-state index contributed by atoms with van der Waals surface area (Å²) in [5, 5.41) is 8.90. The van der Waals surface area contributed by atoms with Crippen LogP contribution in [0.5, 0.6) is 0 Å². The number of aromatic carboxylic acids is 1. The maximum absolute atomic E-state index is 10.9. The van der Waals surface area contributed by atoms with Crippen molar-refractivity contribution in [3.63, 3.8) is 0 Å². The summed E-state index contributed by atoms with van der Waals surface area (Å²) in [6.07, 6.45) is 1.01. The molecule has 1 fully saturated rings. The van der Waals surface area contributed by atoms with Crippen LogP contribution in [0.3, 0.4) is 0 Å². The van der Waals surface area contributed by atoms with Gasteiger partial charge >= 0.3 is 5.97 Å². The van der Waals surface area contributed by atoms with E-state index in [-0.39, 0.29) is 5.76 Å². The van der Waals surface area contributed by atoms with Gasteiger partial charge in [-0.05, 0) is 19.4 Å². The minimum absolute atomic E-state index is 0.0473. The van der Waals surface area contributed by atoms with E-state index in [0.29, 0.717) is 17.9 Å². The molecule has 94 valence electrons. The maximum Gasteiger partial charge on any atom is 0.372 e. The highest BCUT2D eigenvalue weighted by Gasteiger charge is 2.17. The lowest BCUT2D eigenvalue weighted by Crippen LogP contribution is -2.25. The van der Waals surface area contributed by atoms with Crippen molar-refractivity contribution in [3.8, 4) is 0 Å². The minimum Gasteiger partial charge on any atom is -0.475 e. The predicted octanol–water partition coefficient (Wildman–Crippen LogP) is 1.51. The number of aryl methyl sites for hydroxylation is 1. The number of nitrogens with zero attached hydrogens (tertiary/aromatic N) is 1. The molecule has 0 atom stereocenters. The van der Waals surface area contributed by atoms with Crippen LogP contribution >= 0.6 is 0 Å². The standard InChI is InChI=1S/C12H17NO4/c1-9-7-10(17-11(9)12(14)15)8-13-3-2-5-16-6-4-13/h7H,2-6,8H2,1H3,(H,14,15). The van der Waals surface area contributed by atoms with Gasteiger partial charge in [0.2, 0.25) is 5.76 Å². The molecule has 1 aromatic rings. The lowest BCUT2D eigenvalue weighted by atomic mass is 10.2. The number of carbonyl (C=O) groups is 1. The first-order valence-corrected chi connectivity index (χ1v) is 5.79. The smallest absolute Gasteiger partial charge is 0.372 e. The Morgan fingerprint density at radius 3 is 3.00 bits per heavy atom. The zero-order chi connectivity index (χ0) is 12.3. The first-order chi connectivity index (χ1) is 8.16. The van der Waals surface area contributed by atoms with E-state index in [9.17, 15) is 4.79 Å². The quantitative estimate of drug-likeness (QED) is 0.866. The minimum atomic E-state index is -1.01. The molecule has 0 unspecified atom stereocenters. The normalized spacial score (nSPS) is 17.9. The van der Waals surface area contributed by atoms with E-state index in [0.717, 1.165) is 32.7 Å². The van der Waals surface area contributed by atoms with Crippen LogP contribution in [0, 0.1) is 6.92 Å². The Balaban J connectivity index is 2.02. The lowest BCUT2D eigenvalue weighted by molar-refractivity contribution is 0.0657. The fourth-order valence-corrected chi connectivity index (χ4v) is 2.01. The molecule has 0 amide bonds. The summed E-state index contributed by atoms with van der Waals surface area (Å²) < 4.78 is 10.7. The Kier molecular flexibility index (Phi) is 3.81. The third-order valence-corrected chi connectivity index (χ3v) is 2.86. The van der Waals surface area contributed by atoms with E-state index in [1.54, 1.807) is 13.0 Å². The molecule has 0 bridgehead atoms. The van der Waals surface area contributed by atoms with Gasteiger partial charge in [0.1, 0.15) is 5.76 Å². The molecule has 2 heterocycles. The van der Waals surface area contributed by atoms with Gasteiger partial charge in [-0.2, -0.15) is 0 Å². The summed E-state index contributed by atoms with van der Waals surface area (Å²) in [5.41, 5.74) is 0.679. The molecule has 0 radical (unpaired) electrons. The van der Waals surface area contributed by atoms with Gasteiger partial charge in [-0.15, -0.1) is 0 Å². The molecule has 1 aromatic heterocycles. The van der Waals surface area contributed by atoms with E-state index in [2.05, 4.69) is 4.90 Å². The molecule has 1 saturated heterocycles. The molecule has 0 saturated carbocycles. The van der Waals surface area contributed by atoms with E-state index >= 15 is 0 Å². The van der Waals surface area contributed by atoms with Gasteiger partial charge in [0.25, 0.3) is 0 Å². The van der Waals surface area contributed by atoms with Crippen molar-refractivity contribution in [1.82, 2.24) is 4.90 Å². The number of ether oxygens (including phenoxy) is 1. The van der Waals surface area contributed by atoms with Gasteiger partial charge in [-0.25, -0.2) is 4.79 Å². The van der Waals surface area contributed by atoms with Gasteiger partial charge in [-0.3, -0.25) is 4.90 Å². The Labute approximate surface area is 100.0 Å². The Bertz CT molecular complexity index is 391. The van der Waals surface area contributed by atoms with Crippen LogP contribution in [-0.2, 0) is 11.3 Å². The van der Waals surface area contributed by atoms with E-state index in [1.165, 1.54) is 0 Å². The van der Waals surface area contributed by atoms with Gasteiger partial charge in [-0.1, -0.05) is 0 Å². The zero-order valence-corrected chi connectivity index (χ0v) is 9.94. The van der Waals surface area contributed by atoms with Crippen LogP contribution in [0.25, 0.3) is 0 Å². The summed E-state index contributed by atoms with van der Waals surface area (Å²) in [4.78, 5) is 13.1. The van der Waals surface area contributed by atoms with Crippen LogP contribution in [0.4, 0.5) is 0 Å². The Morgan fingerprint density at radius 2 is 2.29 bits per heavy atom. The third-order valence-electron chi connectivity index (χ3n) is 2.86. The number of hydrogen-bond donors (Lipinski definition) is 1. The SMILES string of the molecule is Cc1cc(CN2CCCOCC2)oc1C(=O)O. The molecule has 1 N–H and O–H groups in total. The zero-order valence-electron chi connectivity index (χ0n) is 9.94. The van der Waals surface area contributed by atoms with Crippen molar-refractivity contribution in [2.75, 3.05) is 26.3 Å². The van der Waals surface area contributed by atoms with Crippen molar-refractivity contribution in [3.05, 3.63) is 23.2 Å². The predicted molar refractivity (Wildman–Crippen MR) is 61.1 cm³/mol. The summed E-state index contributed by atoms with van der Waals surface area (Å²) in [6, 6.07) is 1.80. The van der Waals surface area contributed by atoms with Crippen molar-refractivity contribution >= 4 is 5.97 Å². The number of hydrogen-bond acceptors (Lipinski definition) is 4. The second kappa shape index (κ2) is 5.33. The average molecular weight is 239 g/mol. The van der Waals surface area contributed by atoms with Crippen LogP contribution in [0.1, 0.15) is 28.3 Å². The van der Waals surface area contributed by atoms with Gasteiger partial charge in [0, 0.05) is 25.3 Å². The number of carboxylic acid groups (broad SMARTS) is 1. The van der Waals surface area contributed by atoms with Crippen LogP contribution in [-0.4, -0.2) is 42.3 Å². The second-order valence-corrected chi connectivity index (χ2v) is 4.27. The highest BCUT2D eigenvalue weighted by atomic mass is 16.5. The largest absolute Gasteiger partial charge is 0.475 e. The first-order valence-electron chi connectivity index (χ1n) is 5.79. The molecule has 2 rings (SSSR count).